The van der Waals surface area contributed by atoms with E-state index in [0.717, 1.165) is 42.6 Å². The number of aliphatic hydroxyl groups excluding tert-OH is 1. The number of hydrogen-bond donors (Lipinski definition) is 1. The number of hydrogen-bond acceptors (Lipinski definition) is 7. The molecule has 0 amide bonds. The van der Waals surface area contributed by atoms with Gasteiger partial charge in [-0.3, -0.25) is 0 Å². The normalized spacial score (nSPS) is 22.8. The Morgan fingerprint density at radius 2 is 1.97 bits per heavy atom. The molecule has 2 saturated carbocycles. The third-order valence-electron chi connectivity index (χ3n) is 8.80. The van der Waals surface area contributed by atoms with E-state index in [1.165, 1.54) is 6.07 Å². The molecule has 1 N–H and O–H groups in total. The Balaban J connectivity index is 1.24. The first-order valence-electron chi connectivity index (χ1n) is 13.8. The molecule has 2 aromatic heterocycles. The number of halogens is 1. The summed E-state index contributed by atoms with van der Waals surface area (Å²) in [5, 5.41) is 25.1. The van der Waals surface area contributed by atoms with E-state index in [2.05, 4.69) is 21.1 Å². The number of carbonyl (C=O) groups excluding carboxylic acids is 1. The van der Waals surface area contributed by atoms with Crippen molar-refractivity contribution in [1.82, 2.24) is 19.6 Å². The number of nitrogens with zero attached hydrogens (tertiary/aromatic N) is 5. The smallest absolute Gasteiger partial charge is 0.338 e. The highest BCUT2D eigenvalue weighted by Crippen LogP contribution is 2.49. The molecule has 8 nitrogen and oxygen atoms in total. The van der Waals surface area contributed by atoms with Crippen LogP contribution in [-0.4, -0.2) is 36.3 Å². The number of aryl methyl sites for hydroxylation is 3. The lowest BCUT2D eigenvalue weighted by Crippen LogP contribution is -2.46. The predicted octanol–water partition coefficient (Wildman–Crippen LogP) is 5.30. The van der Waals surface area contributed by atoms with Crippen LogP contribution in [0, 0.1) is 36.9 Å². The Morgan fingerprint density at radius 3 is 2.64 bits per heavy atom. The average Bonchev–Trinajstić information content (AvgIpc) is 3.28. The SMILES string of the molecule is Cc1cc(C)n2nc(CC3=C(O)CC(CCc4ccc(C5(C#N)CC5)c(F)c4)(C4CCCC4)OC3=O)nc2n1. The summed E-state index contributed by atoms with van der Waals surface area (Å²) >= 11 is 0. The molecular weight excluding hydrogens is 497 g/mol. The third kappa shape index (κ3) is 4.56. The second kappa shape index (κ2) is 9.44. The zero-order valence-corrected chi connectivity index (χ0v) is 22.3. The van der Waals surface area contributed by atoms with Crippen LogP contribution >= 0.6 is 0 Å². The summed E-state index contributed by atoms with van der Waals surface area (Å²) in [6.45, 7) is 3.80. The van der Waals surface area contributed by atoms with Crippen molar-refractivity contribution >= 4 is 11.7 Å². The molecule has 0 bridgehead atoms. The van der Waals surface area contributed by atoms with Crippen LogP contribution in [0.2, 0.25) is 0 Å². The summed E-state index contributed by atoms with van der Waals surface area (Å²) in [6, 6.07) is 9.27. The minimum Gasteiger partial charge on any atom is -0.512 e. The summed E-state index contributed by atoms with van der Waals surface area (Å²) in [5.74, 6) is 0.0931. The third-order valence-corrected chi connectivity index (χ3v) is 8.80. The molecule has 1 atom stereocenters. The van der Waals surface area contributed by atoms with E-state index >= 15 is 0 Å². The summed E-state index contributed by atoms with van der Waals surface area (Å²) < 4.78 is 22.8. The van der Waals surface area contributed by atoms with Gasteiger partial charge in [0.05, 0.1) is 17.1 Å². The summed E-state index contributed by atoms with van der Waals surface area (Å²) in [4.78, 5) is 22.2. The van der Waals surface area contributed by atoms with Gasteiger partial charge in [-0.25, -0.2) is 18.7 Å². The molecule has 3 heterocycles. The number of benzene rings is 1. The van der Waals surface area contributed by atoms with E-state index in [1.807, 2.05) is 26.0 Å². The van der Waals surface area contributed by atoms with Gasteiger partial charge in [0.2, 0.25) is 0 Å². The van der Waals surface area contributed by atoms with Crippen LogP contribution in [-0.2, 0) is 27.8 Å². The highest BCUT2D eigenvalue weighted by atomic mass is 19.1. The van der Waals surface area contributed by atoms with Crippen molar-refractivity contribution in [3.63, 3.8) is 0 Å². The molecule has 1 aromatic carbocycles. The molecule has 2 aliphatic carbocycles. The Kier molecular flexibility index (Phi) is 6.17. The number of cyclic esters (lactones) is 1. The van der Waals surface area contributed by atoms with Gasteiger partial charge >= 0.3 is 5.97 Å². The molecule has 39 heavy (non-hydrogen) atoms. The summed E-state index contributed by atoms with van der Waals surface area (Å²) in [7, 11) is 0. The van der Waals surface area contributed by atoms with Crippen LogP contribution in [0.3, 0.4) is 0 Å². The summed E-state index contributed by atoms with van der Waals surface area (Å²) in [6.07, 6.45) is 6.60. The molecule has 0 saturated heterocycles. The van der Waals surface area contributed by atoms with Crippen molar-refractivity contribution < 1.29 is 19.0 Å². The molecule has 0 spiro atoms. The molecule has 1 unspecified atom stereocenters. The molecular formula is C30H32FN5O3. The first-order chi connectivity index (χ1) is 18.7. The average molecular weight is 530 g/mol. The lowest BCUT2D eigenvalue weighted by atomic mass is 9.76. The molecule has 6 rings (SSSR count). The molecule has 0 radical (unpaired) electrons. The topological polar surface area (TPSA) is 113 Å². The molecule has 3 aromatic rings. The summed E-state index contributed by atoms with van der Waals surface area (Å²) in [5.41, 5.74) is 1.62. The van der Waals surface area contributed by atoms with Gasteiger partial charge in [-0.1, -0.05) is 25.0 Å². The molecule has 9 heteroatoms. The lowest BCUT2D eigenvalue weighted by molar-refractivity contribution is -0.167. The van der Waals surface area contributed by atoms with Crippen LogP contribution in [0.4, 0.5) is 4.39 Å². The van der Waals surface area contributed by atoms with E-state index in [4.69, 9.17) is 4.74 Å². The maximum atomic E-state index is 14.9. The quantitative estimate of drug-likeness (QED) is 0.413. The number of carbonyl (C=O) groups is 1. The maximum Gasteiger partial charge on any atom is 0.338 e. The van der Waals surface area contributed by atoms with Gasteiger partial charge in [0.25, 0.3) is 5.78 Å². The van der Waals surface area contributed by atoms with E-state index in [-0.39, 0.29) is 35.9 Å². The van der Waals surface area contributed by atoms with Gasteiger partial charge in [-0.05, 0) is 76.0 Å². The van der Waals surface area contributed by atoms with Crippen molar-refractivity contribution in [2.24, 2.45) is 5.92 Å². The highest BCUT2D eigenvalue weighted by Gasteiger charge is 2.49. The van der Waals surface area contributed by atoms with Gasteiger partial charge in [0, 0.05) is 29.8 Å². The zero-order chi connectivity index (χ0) is 27.4. The first kappa shape index (κ1) is 25.5. The largest absolute Gasteiger partial charge is 0.512 e. The highest BCUT2D eigenvalue weighted by molar-refractivity contribution is 5.90. The van der Waals surface area contributed by atoms with Gasteiger partial charge in [-0.2, -0.15) is 10.2 Å². The Morgan fingerprint density at radius 1 is 1.21 bits per heavy atom. The number of fused-ring (bicyclic) bond motifs is 1. The molecule has 3 aliphatic rings. The first-order valence-corrected chi connectivity index (χ1v) is 13.8. The van der Waals surface area contributed by atoms with Crippen LogP contribution in [0.25, 0.3) is 5.78 Å². The fourth-order valence-electron chi connectivity index (χ4n) is 6.45. The van der Waals surface area contributed by atoms with Crippen LogP contribution in [0.5, 0.6) is 0 Å². The number of ether oxygens (including phenoxy) is 1. The second-order valence-electron chi connectivity index (χ2n) is 11.5. The minimum absolute atomic E-state index is 0.0177. The number of esters is 1. The van der Waals surface area contributed by atoms with Crippen molar-refractivity contribution in [3.8, 4) is 6.07 Å². The van der Waals surface area contributed by atoms with Crippen LogP contribution in [0.1, 0.15) is 79.7 Å². The molecule has 1 aliphatic heterocycles. The van der Waals surface area contributed by atoms with E-state index in [1.54, 1.807) is 10.6 Å². The Labute approximate surface area is 226 Å². The van der Waals surface area contributed by atoms with Gasteiger partial charge in [-0.15, -0.1) is 5.10 Å². The standard InChI is InChI=1S/C30H32FN5O3/c1-18-13-19(2)36-28(33-18)34-26(35-36)15-22-25(37)16-30(39-27(22)38,21-5-3-4-6-21)10-9-20-7-8-23(24(31)14-20)29(17-32)11-12-29/h7-8,13-14,21,37H,3-6,9-12,15-16H2,1-2H3. The van der Waals surface area contributed by atoms with Crippen molar-refractivity contribution in [2.45, 2.75) is 89.1 Å². The van der Waals surface area contributed by atoms with Crippen molar-refractivity contribution in [3.05, 3.63) is 69.8 Å². The number of aliphatic hydroxyl groups is 1. The number of aromatic nitrogens is 4. The number of nitriles is 1. The maximum absolute atomic E-state index is 14.9. The second-order valence-corrected chi connectivity index (χ2v) is 11.5. The van der Waals surface area contributed by atoms with Gasteiger partial charge in [0.1, 0.15) is 17.2 Å². The predicted molar refractivity (Wildman–Crippen MR) is 140 cm³/mol. The van der Waals surface area contributed by atoms with Crippen LogP contribution < -0.4 is 0 Å². The van der Waals surface area contributed by atoms with E-state index in [9.17, 15) is 19.6 Å². The van der Waals surface area contributed by atoms with E-state index < -0.39 is 17.0 Å². The van der Waals surface area contributed by atoms with Crippen molar-refractivity contribution in [2.75, 3.05) is 0 Å². The fourth-order valence-corrected chi connectivity index (χ4v) is 6.45. The monoisotopic (exact) mass is 529 g/mol. The fraction of sp³-hybridized carbons (Fsp3) is 0.500. The molecule has 202 valence electrons. The lowest BCUT2D eigenvalue weighted by Gasteiger charge is -2.41. The molecule has 2 fully saturated rings. The van der Waals surface area contributed by atoms with E-state index in [0.29, 0.717) is 42.8 Å². The van der Waals surface area contributed by atoms with Crippen molar-refractivity contribution in [1.29, 1.82) is 5.26 Å². The zero-order valence-electron chi connectivity index (χ0n) is 22.3. The minimum atomic E-state index is -0.845. The number of rotatable bonds is 7. The van der Waals surface area contributed by atoms with Gasteiger partial charge in [0.15, 0.2) is 5.82 Å². The Bertz CT molecular complexity index is 1540. The Hall–Kier alpha value is -3.80. The van der Waals surface area contributed by atoms with Crippen LogP contribution in [0.15, 0.2) is 35.6 Å². The van der Waals surface area contributed by atoms with Gasteiger partial charge < -0.3 is 9.84 Å².